The summed E-state index contributed by atoms with van der Waals surface area (Å²) in [4.78, 5) is 0.731. The third-order valence-electron chi connectivity index (χ3n) is 3.46. The molecule has 0 fully saturated rings. The molecule has 0 aromatic carbocycles. The second-order valence-electron chi connectivity index (χ2n) is 5.95. The number of aliphatic hydroxyl groups is 1. The Morgan fingerprint density at radius 3 is 2.47 bits per heavy atom. The summed E-state index contributed by atoms with van der Waals surface area (Å²) < 4.78 is 27.3. The van der Waals surface area contributed by atoms with Crippen molar-refractivity contribution in [2.45, 2.75) is 46.1 Å². The summed E-state index contributed by atoms with van der Waals surface area (Å²) in [5.41, 5.74) is 0.733. The number of hydrogen-bond donors (Lipinski definition) is 2. The van der Waals surface area contributed by atoms with Gasteiger partial charge in [0, 0.05) is 6.54 Å². The molecule has 0 amide bonds. The van der Waals surface area contributed by atoms with E-state index in [-0.39, 0.29) is 22.8 Å². The van der Waals surface area contributed by atoms with E-state index in [9.17, 15) is 13.5 Å². The van der Waals surface area contributed by atoms with Gasteiger partial charge in [-0.25, -0.2) is 13.1 Å². The van der Waals surface area contributed by atoms with Gasteiger partial charge in [0.2, 0.25) is 10.0 Å². The van der Waals surface area contributed by atoms with Crippen LogP contribution in [0.4, 0.5) is 0 Å². The van der Waals surface area contributed by atoms with Crippen LogP contribution in [0.2, 0.25) is 0 Å². The molecule has 19 heavy (non-hydrogen) atoms. The first-order valence-electron chi connectivity index (χ1n) is 6.27. The van der Waals surface area contributed by atoms with Crippen LogP contribution >= 0.6 is 11.3 Å². The van der Waals surface area contributed by atoms with Crippen molar-refractivity contribution in [3.8, 4) is 0 Å². The second kappa shape index (κ2) is 5.91. The molecule has 6 heteroatoms. The molecule has 0 saturated heterocycles. The number of aryl methyl sites for hydroxylation is 1. The third-order valence-corrected chi connectivity index (χ3v) is 6.33. The van der Waals surface area contributed by atoms with Crippen molar-refractivity contribution < 1.29 is 13.5 Å². The summed E-state index contributed by atoms with van der Waals surface area (Å²) in [6.07, 6.45) is 0. The van der Waals surface area contributed by atoms with Gasteiger partial charge in [0.1, 0.15) is 4.90 Å². The maximum absolute atomic E-state index is 12.3. The maximum atomic E-state index is 12.3. The molecule has 110 valence electrons. The number of rotatable bonds is 5. The third kappa shape index (κ3) is 4.02. The minimum atomic E-state index is -3.55. The molecule has 0 aliphatic carbocycles. The summed E-state index contributed by atoms with van der Waals surface area (Å²) in [7, 11) is -3.55. The van der Waals surface area contributed by atoms with Crippen molar-refractivity contribution in [3.05, 3.63) is 15.8 Å². The van der Waals surface area contributed by atoms with Crippen molar-refractivity contribution in [1.82, 2.24) is 4.72 Å². The Balaban J connectivity index is 2.91. The predicted octanol–water partition coefficient (Wildman–Crippen LogP) is 2.51. The molecule has 0 aliphatic rings. The SMILES string of the molecule is Cc1csc(CO)c1S(=O)(=O)NCC(C)C(C)(C)C. The molecule has 1 heterocycles. The Kier molecular flexibility index (Phi) is 5.17. The second-order valence-corrected chi connectivity index (χ2v) is 8.62. The molecule has 1 unspecified atom stereocenters. The topological polar surface area (TPSA) is 66.4 Å². The van der Waals surface area contributed by atoms with Gasteiger partial charge >= 0.3 is 0 Å². The van der Waals surface area contributed by atoms with Crippen LogP contribution in [-0.2, 0) is 16.6 Å². The molecule has 0 radical (unpaired) electrons. The highest BCUT2D eigenvalue weighted by Crippen LogP contribution is 2.28. The largest absolute Gasteiger partial charge is 0.391 e. The number of thiophene rings is 1. The fraction of sp³-hybridized carbons (Fsp3) is 0.692. The van der Waals surface area contributed by atoms with Crippen LogP contribution in [0.15, 0.2) is 10.3 Å². The number of aliphatic hydroxyl groups excluding tert-OH is 1. The lowest BCUT2D eigenvalue weighted by atomic mass is 9.82. The van der Waals surface area contributed by atoms with Crippen LogP contribution in [0.25, 0.3) is 0 Å². The predicted molar refractivity (Wildman–Crippen MR) is 78.8 cm³/mol. The molecular formula is C13H23NO3S2. The van der Waals surface area contributed by atoms with Crippen molar-refractivity contribution in [1.29, 1.82) is 0 Å². The lowest BCUT2D eigenvalue weighted by Crippen LogP contribution is -2.34. The Morgan fingerprint density at radius 2 is 2.00 bits per heavy atom. The van der Waals surface area contributed by atoms with Gasteiger partial charge in [0.15, 0.2) is 0 Å². The van der Waals surface area contributed by atoms with E-state index in [1.165, 1.54) is 11.3 Å². The van der Waals surface area contributed by atoms with Crippen molar-refractivity contribution in [3.63, 3.8) is 0 Å². The quantitative estimate of drug-likeness (QED) is 0.878. The average molecular weight is 305 g/mol. The zero-order valence-electron chi connectivity index (χ0n) is 12.1. The molecule has 1 aromatic heterocycles. The van der Waals surface area contributed by atoms with Crippen LogP contribution in [-0.4, -0.2) is 20.1 Å². The first-order valence-corrected chi connectivity index (χ1v) is 8.63. The Bertz CT molecular complexity index is 527. The van der Waals surface area contributed by atoms with E-state index in [2.05, 4.69) is 25.5 Å². The Labute approximate surface area is 119 Å². The van der Waals surface area contributed by atoms with Crippen LogP contribution in [0.3, 0.4) is 0 Å². The zero-order chi connectivity index (χ0) is 14.8. The number of hydrogen-bond acceptors (Lipinski definition) is 4. The minimum absolute atomic E-state index is 0.0476. The van der Waals surface area contributed by atoms with Gasteiger partial charge in [-0.15, -0.1) is 11.3 Å². The number of nitrogens with one attached hydrogen (secondary N) is 1. The summed E-state index contributed by atoms with van der Waals surface area (Å²) in [6, 6.07) is 0. The molecular weight excluding hydrogens is 282 g/mol. The van der Waals surface area contributed by atoms with Crippen molar-refractivity contribution in [2.24, 2.45) is 11.3 Å². The molecule has 4 nitrogen and oxygen atoms in total. The lowest BCUT2D eigenvalue weighted by molar-refractivity contribution is 0.262. The van der Waals surface area contributed by atoms with E-state index < -0.39 is 10.0 Å². The van der Waals surface area contributed by atoms with E-state index in [1.807, 2.05) is 6.92 Å². The summed E-state index contributed by atoms with van der Waals surface area (Å²) >= 11 is 1.27. The van der Waals surface area contributed by atoms with E-state index >= 15 is 0 Å². The monoisotopic (exact) mass is 305 g/mol. The van der Waals surface area contributed by atoms with Gasteiger partial charge in [-0.3, -0.25) is 0 Å². The molecule has 1 atom stereocenters. The van der Waals surface area contributed by atoms with E-state index in [4.69, 9.17) is 0 Å². The first-order chi connectivity index (χ1) is 8.59. The van der Waals surface area contributed by atoms with Crippen molar-refractivity contribution in [2.75, 3.05) is 6.54 Å². The van der Waals surface area contributed by atoms with Gasteiger partial charge < -0.3 is 5.11 Å². The maximum Gasteiger partial charge on any atom is 0.242 e. The molecule has 1 aromatic rings. The van der Waals surface area contributed by atoms with Gasteiger partial charge in [0.25, 0.3) is 0 Å². The van der Waals surface area contributed by atoms with E-state index in [0.717, 1.165) is 0 Å². The normalized spacial score (nSPS) is 14.6. The number of sulfonamides is 1. The summed E-state index contributed by atoms with van der Waals surface area (Å²) in [5, 5.41) is 11.0. The molecule has 0 spiro atoms. The van der Waals surface area contributed by atoms with Gasteiger partial charge in [-0.1, -0.05) is 27.7 Å². The smallest absolute Gasteiger partial charge is 0.242 e. The van der Waals surface area contributed by atoms with E-state index in [0.29, 0.717) is 17.0 Å². The Hall–Kier alpha value is -0.430. The van der Waals surface area contributed by atoms with Crippen LogP contribution in [0.1, 0.15) is 38.1 Å². The molecule has 2 N–H and O–H groups in total. The van der Waals surface area contributed by atoms with Crippen LogP contribution < -0.4 is 4.72 Å². The summed E-state index contributed by atoms with van der Waals surface area (Å²) in [5.74, 6) is 0.221. The van der Waals surface area contributed by atoms with Crippen LogP contribution in [0.5, 0.6) is 0 Å². The molecule has 0 bridgehead atoms. The Morgan fingerprint density at radius 1 is 1.42 bits per heavy atom. The highest BCUT2D eigenvalue weighted by Gasteiger charge is 2.26. The highest BCUT2D eigenvalue weighted by atomic mass is 32.2. The van der Waals surface area contributed by atoms with Crippen molar-refractivity contribution >= 4 is 21.4 Å². The van der Waals surface area contributed by atoms with Gasteiger partial charge in [-0.05, 0) is 29.2 Å². The fourth-order valence-corrected chi connectivity index (χ4v) is 4.36. The van der Waals surface area contributed by atoms with Crippen LogP contribution in [0, 0.1) is 18.3 Å². The first kappa shape index (κ1) is 16.6. The lowest BCUT2D eigenvalue weighted by Gasteiger charge is -2.27. The standard InChI is InChI=1S/C13H23NO3S2/c1-9-8-18-11(7-15)12(9)19(16,17)14-6-10(2)13(3,4)5/h8,10,14-15H,6-7H2,1-5H3. The highest BCUT2D eigenvalue weighted by molar-refractivity contribution is 7.89. The molecule has 0 aliphatic heterocycles. The minimum Gasteiger partial charge on any atom is -0.391 e. The fourth-order valence-electron chi connectivity index (χ4n) is 1.57. The summed E-state index contributed by atoms with van der Waals surface area (Å²) in [6.45, 7) is 10.2. The average Bonchev–Trinajstić information content (AvgIpc) is 2.66. The van der Waals surface area contributed by atoms with Gasteiger partial charge in [-0.2, -0.15) is 0 Å². The van der Waals surface area contributed by atoms with E-state index in [1.54, 1.807) is 12.3 Å². The molecule has 0 saturated carbocycles. The van der Waals surface area contributed by atoms with Gasteiger partial charge in [0.05, 0.1) is 11.5 Å². The zero-order valence-corrected chi connectivity index (χ0v) is 13.8. The molecule has 1 rings (SSSR count).